The first kappa shape index (κ1) is 39.1. The molecule has 0 radical (unpaired) electrons. The van der Waals surface area contributed by atoms with E-state index >= 15 is 0 Å². The predicted molar refractivity (Wildman–Crippen MR) is 191 cm³/mol. The summed E-state index contributed by atoms with van der Waals surface area (Å²) in [5, 5.41) is 25.1. The second-order valence-electron chi connectivity index (χ2n) is 18.1. The number of carbonyl (C=O) groups is 2. The maximum absolute atomic E-state index is 14.1. The van der Waals surface area contributed by atoms with Gasteiger partial charge in [0.25, 0.3) is 0 Å². The molecule has 8 heteroatoms. The summed E-state index contributed by atoms with van der Waals surface area (Å²) in [6, 6.07) is 0. The molecule has 0 spiro atoms. The largest absolute Gasteiger partial charge is 0.481 e. The van der Waals surface area contributed by atoms with Gasteiger partial charge in [0.05, 0.1) is 17.6 Å². The Kier molecular flexibility index (Phi) is 12.7. The van der Waals surface area contributed by atoms with Gasteiger partial charge in [-0.25, -0.2) is 0 Å². The summed E-state index contributed by atoms with van der Waals surface area (Å²) in [7, 11) is 0. The van der Waals surface area contributed by atoms with Crippen molar-refractivity contribution in [2.75, 3.05) is 0 Å². The second kappa shape index (κ2) is 15.7. The maximum atomic E-state index is 14.1. The number of rotatable bonds is 15. The van der Waals surface area contributed by atoms with Crippen molar-refractivity contribution in [3.8, 4) is 0 Å². The molecule has 2 aliphatic heterocycles. The molecule has 4 rings (SSSR count). The molecule has 2 atom stereocenters. The first-order chi connectivity index (χ1) is 22.4. The number of allylic oxidation sites excluding steroid dienone is 2. The topological polar surface area (TPSA) is 99.5 Å². The molecule has 0 aromatic rings. The average Bonchev–Trinajstić information content (AvgIpc) is 2.98. The van der Waals surface area contributed by atoms with Crippen LogP contribution < -0.4 is 0 Å². The molecule has 2 fully saturated rings. The molecular weight excluding hydrogens is 604 g/mol. The van der Waals surface area contributed by atoms with E-state index in [9.17, 15) is 14.7 Å². The highest BCUT2D eigenvalue weighted by Gasteiger charge is 2.62. The molecule has 4 aliphatic rings. The average molecular weight is 673 g/mol. The van der Waals surface area contributed by atoms with Crippen molar-refractivity contribution in [3.05, 3.63) is 24.3 Å². The number of piperidine rings is 2. The van der Waals surface area contributed by atoms with Gasteiger partial charge >= 0.3 is 11.9 Å². The smallest absolute Gasteiger partial charge is 0.310 e. The third kappa shape index (κ3) is 9.13. The van der Waals surface area contributed by atoms with Crippen molar-refractivity contribution in [2.24, 2.45) is 17.3 Å². The lowest BCUT2D eigenvalue weighted by Crippen LogP contribution is -2.67. The van der Waals surface area contributed by atoms with Crippen molar-refractivity contribution in [1.82, 2.24) is 10.1 Å². The number of carboxylic acid groups (broad SMARTS) is 2. The second-order valence-corrected chi connectivity index (χ2v) is 18.1. The standard InChI is InChI=1S/C40H68N2O6/c1-36(2)26-30(27-37(3,4)41(36)47-32-20-14-12-15-21-32)40(35(45)46,25-19-11-9-10-18-24-34(43)44)31-28-38(5,6)42(39(7,8)29-31)48-33-22-16-13-17-23-33/h12-14,16,30-33H,9-11,15,17-29H2,1-8H3,(H,43,44)(H,45,46). The van der Waals surface area contributed by atoms with Gasteiger partial charge in [0.2, 0.25) is 0 Å². The first-order valence-electron chi connectivity index (χ1n) is 19.1. The van der Waals surface area contributed by atoms with Crippen LogP contribution in [0.2, 0.25) is 0 Å². The van der Waals surface area contributed by atoms with E-state index in [1.807, 2.05) is 0 Å². The van der Waals surface area contributed by atoms with Crippen LogP contribution in [0.3, 0.4) is 0 Å². The summed E-state index contributed by atoms with van der Waals surface area (Å²) >= 11 is 0. The first-order valence-corrected chi connectivity index (χ1v) is 19.1. The summed E-state index contributed by atoms with van der Waals surface area (Å²) in [5.74, 6) is -1.45. The Hall–Kier alpha value is -1.74. The lowest BCUT2D eigenvalue weighted by atomic mass is 9.52. The van der Waals surface area contributed by atoms with Crippen molar-refractivity contribution >= 4 is 11.9 Å². The van der Waals surface area contributed by atoms with Gasteiger partial charge in [-0.05, 0) is 144 Å². The minimum Gasteiger partial charge on any atom is -0.481 e. The predicted octanol–water partition coefficient (Wildman–Crippen LogP) is 9.49. The van der Waals surface area contributed by atoms with E-state index in [-0.39, 0.29) is 52.6 Å². The van der Waals surface area contributed by atoms with Crippen LogP contribution in [0.15, 0.2) is 24.3 Å². The Morgan fingerprint density at radius 3 is 1.40 bits per heavy atom. The van der Waals surface area contributed by atoms with Gasteiger partial charge in [0, 0.05) is 28.6 Å². The molecule has 0 saturated carbocycles. The minimum absolute atomic E-state index is 0.0225. The maximum Gasteiger partial charge on any atom is 0.310 e. The van der Waals surface area contributed by atoms with Crippen molar-refractivity contribution in [3.63, 3.8) is 0 Å². The van der Waals surface area contributed by atoms with E-state index in [0.29, 0.717) is 12.8 Å². The van der Waals surface area contributed by atoms with Crippen LogP contribution in [0, 0.1) is 17.3 Å². The van der Waals surface area contributed by atoms with Gasteiger partial charge in [0.1, 0.15) is 0 Å². The zero-order valence-corrected chi connectivity index (χ0v) is 31.6. The molecular formula is C40H68N2O6. The fraction of sp³-hybridized carbons (Fsp3) is 0.850. The van der Waals surface area contributed by atoms with E-state index in [2.05, 4.69) is 89.8 Å². The summed E-state index contributed by atoms with van der Waals surface area (Å²) in [4.78, 5) is 38.8. The van der Waals surface area contributed by atoms with Crippen LogP contribution in [-0.2, 0) is 19.3 Å². The van der Waals surface area contributed by atoms with Crippen LogP contribution in [0.1, 0.15) is 165 Å². The summed E-state index contributed by atoms with van der Waals surface area (Å²) in [5.41, 5.74) is -2.25. The van der Waals surface area contributed by atoms with Gasteiger partial charge in [-0.2, -0.15) is 10.1 Å². The summed E-state index contributed by atoms with van der Waals surface area (Å²) in [6.45, 7) is 18.0. The highest BCUT2D eigenvalue weighted by Crippen LogP contribution is 2.59. The van der Waals surface area contributed by atoms with E-state index < -0.39 is 17.4 Å². The zero-order valence-electron chi connectivity index (χ0n) is 31.6. The van der Waals surface area contributed by atoms with E-state index in [4.69, 9.17) is 14.8 Å². The van der Waals surface area contributed by atoms with Gasteiger partial charge < -0.3 is 10.2 Å². The molecule has 2 aliphatic carbocycles. The van der Waals surface area contributed by atoms with Crippen molar-refractivity contribution in [2.45, 2.75) is 199 Å². The number of hydrogen-bond acceptors (Lipinski definition) is 6. The number of hydrogen-bond donors (Lipinski definition) is 2. The van der Waals surface area contributed by atoms with Crippen LogP contribution in [-0.4, -0.2) is 66.6 Å². The van der Waals surface area contributed by atoms with E-state index in [0.717, 1.165) is 89.9 Å². The molecule has 274 valence electrons. The fourth-order valence-electron chi connectivity index (χ4n) is 10.3. The highest BCUT2D eigenvalue weighted by atomic mass is 16.7. The molecule has 2 heterocycles. The van der Waals surface area contributed by atoms with Crippen LogP contribution >= 0.6 is 0 Å². The van der Waals surface area contributed by atoms with Gasteiger partial charge in [-0.15, -0.1) is 0 Å². The zero-order chi connectivity index (χ0) is 35.4. The highest BCUT2D eigenvalue weighted by molar-refractivity contribution is 5.76. The van der Waals surface area contributed by atoms with Crippen LogP contribution in [0.5, 0.6) is 0 Å². The molecule has 0 aromatic heterocycles. The molecule has 2 N–H and O–H groups in total. The molecule has 8 nitrogen and oxygen atoms in total. The Bertz CT molecular complexity index is 1050. The van der Waals surface area contributed by atoms with Gasteiger partial charge in [-0.3, -0.25) is 19.3 Å². The molecule has 2 unspecified atom stereocenters. The van der Waals surface area contributed by atoms with Crippen molar-refractivity contribution < 1.29 is 29.5 Å². The van der Waals surface area contributed by atoms with Gasteiger partial charge in [-0.1, -0.05) is 50.0 Å². The number of hydroxylamine groups is 4. The molecule has 48 heavy (non-hydrogen) atoms. The minimum atomic E-state index is -0.899. The quantitative estimate of drug-likeness (QED) is 0.131. The van der Waals surface area contributed by atoms with Crippen LogP contribution in [0.4, 0.5) is 0 Å². The molecule has 0 amide bonds. The fourth-order valence-corrected chi connectivity index (χ4v) is 10.3. The lowest BCUT2D eigenvalue weighted by Gasteiger charge is -2.62. The van der Waals surface area contributed by atoms with Gasteiger partial charge in [0.15, 0.2) is 0 Å². The summed E-state index contributed by atoms with van der Waals surface area (Å²) in [6.07, 6.45) is 23.2. The van der Waals surface area contributed by atoms with E-state index in [1.54, 1.807) is 0 Å². The SMILES string of the molecule is CC1(C)CC(C(CCCCCCCC(=O)O)(C(=O)O)C2CC(C)(C)N(OC3CC=CCC3)C(C)(C)C2)CC(C)(C)N1OC1CC=CCC1. The number of carboxylic acids is 2. The Morgan fingerprint density at radius 1 is 0.646 bits per heavy atom. The third-order valence-corrected chi connectivity index (χ3v) is 12.0. The lowest BCUT2D eigenvalue weighted by molar-refractivity contribution is -0.326. The Labute approximate surface area is 291 Å². The molecule has 0 bridgehead atoms. The molecule has 2 saturated heterocycles. The summed E-state index contributed by atoms with van der Waals surface area (Å²) < 4.78 is 0. The van der Waals surface area contributed by atoms with Crippen molar-refractivity contribution in [1.29, 1.82) is 0 Å². The number of unbranched alkanes of at least 4 members (excludes halogenated alkanes) is 4. The normalized spacial score (nSPS) is 29.0. The molecule has 0 aromatic carbocycles. The van der Waals surface area contributed by atoms with E-state index in [1.165, 1.54) is 0 Å². The third-order valence-electron chi connectivity index (χ3n) is 12.0. The Morgan fingerprint density at radius 2 is 1.04 bits per heavy atom. The Balaban J connectivity index is 1.64. The number of nitrogens with zero attached hydrogens (tertiary/aromatic N) is 2. The number of aliphatic carboxylic acids is 2. The van der Waals surface area contributed by atoms with Crippen LogP contribution in [0.25, 0.3) is 0 Å². The monoisotopic (exact) mass is 673 g/mol.